The molecule has 0 radical (unpaired) electrons. The maximum absolute atomic E-state index is 13.3. The van der Waals surface area contributed by atoms with Gasteiger partial charge in [-0.2, -0.15) is 0 Å². The molecule has 5 aromatic rings. The van der Waals surface area contributed by atoms with Crippen LogP contribution < -0.4 is 10.6 Å². The number of aromatic nitrogens is 1. The van der Waals surface area contributed by atoms with Crippen molar-refractivity contribution in [2.45, 2.75) is 10.1 Å². The number of rotatable bonds is 7. The van der Waals surface area contributed by atoms with E-state index in [2.05, 4.69) is 15.6 Å². The van der Waals surface area contributed by atoms with Gasteiger partial charge < -0.3 is 15.1 Å². The van der Waals surface area contributed by atoms with Gasteiger partial charge in [-0.3, -0.25) is 9.59 Å². The number of thioether (sulfide) groups is 1. The lowest BCUT2D eigenvalue weighted by Gasteiger charge is -2.16. The highest BCUT2D eigenvalue weighted by atomic mass is 32.2. The molecule has 1 atom stereocenters. The molecular weight excluding hydrogens is 466 g/mol. The maximum Gasteiger partial charge on any atom is 0.291 e. The SMILES string of the molecule is O=C(Nc1ccc(SC(C(=O)Nc2nc3ccccc3s2)c2ccccc2)cc1)c1ccco1. The number of para-hydroxylation sites is 1. The van der Waals surface area contributed by atoms with Crippen LogP contribution in [0.5, 0.6) is 0 Å². The normalized spacial score (nSPS) is 11.8. The summed E-state index contributed by atoms with van der Waals surface area (Å²) in [4.78, 5) is 30.9. The molecule has 5 rings (SSSR count). The first-order valence-electron chi connectivity index (χ1n) is 10.5. The number of hydrogen-bond acceptors (Lipinski definition) is 6. The van der Waals surface area contributed by atoms with Gasteiger partial charge in [0.2, 0.25) is 5.91 Å². The number of nitrogens with one attached hydrogen (secondary N) is 2. The Bertz CT molecular complexity index is 1380. The Labute approximate surface area is 204 Å². The van der Waals surface area contributed by atoms with E-state index in [1.165, 1.54) is 29.4 Å². The smallest absolute Gasteiger partial charge is 0.291 e. The number of nitrogens with zero attached hydrogens (tertiary/aromatic N) is 1. The van der Waals surface area contributed by atoms with Crippen LogP contribution in [-0.2, 0) is 4.79 Å². The first kappa shape index (κ1) is 21.9. The molecule has 2 amide bonds. The molecule has 0 aliphatic heterocycles. The predicted molar refractivity (Wildman–Crippen MR) is 136 cm³/mol. The largest absolute Gasteiger partial charge is 0.459 e. The van der Waals surface area contributed by atoms with Crippen molar-refractivity contribution in [3.05, 3.63) is 109 Å². The molecule has 0 aliphatic carbocycles. The fourth-order valence-corrected chi connectivity index (χ4v) is 5.24. The van der Waals surface area contributed by atoms with Crippen LogP contribution in [0.4, 0.5) is 10.8 Å². The molecular formula is C26H19N3O3S2. The number of carbonyl (C=O) groups is 2. The van der Waals surface area contributed by atoms with Gasteiger partial charge in [-0.05, 0) is 54.1 Å². The van der Waals surface area contributed by atoms with Crippen molar-refractivity contribution >= 4 is 55.9 Å². The molecule has 0 saturated carbocycles. The summed E-state index contributed by atoms with van der Waals surface area (Å²) in [5.41, 5.74) is 2.39. The van der Waals surface area contributed by atoms with E-state index in [-0.39, 0.29) is 17.6 Å². The Morgan fingerprint density at radius 1 is 0.853 bits per heavy atom. The fourth-order valence-electron chi connectivity index (χ4n) is 3.35. The minimum Gasteiger partial charge on any atom is -0.459 e. The first-order valence-corrected chi connectivity index (χ1v) is 12.2. The van der Waals surface area contributed by atoms with Gasteiger partial charge in [0.25, 0.3) is 5.91 Å². The van der Waals surface area contributed by atoms with E-state index in [1.54, 1.807) is 24.3 Å². The molecule has 34 heavy (non-hydrogen) atoms. The van der Waals surface area contributed by atoms with Crippen LogP contribution in [0.25, 0.3) is 10.2 Å². The van der Waals surface area contributed by atoms with Gasteiger partial charge in [-0.1, -0.05) is 53.8 Å². The second-order valence-corrected chi connectivity index (χ2v) is 9.55. The predicted octanol–water partition coefficient (Wildman–Crippen LogP) is 6.61. The summed E-state index contributed by atoms with van der Waals surface area (Å²) in [6.45, 7) is 0. The van der Waals surface area contributed by atoms with Crippen molar-refractivity contribution < 1.29 is 14.0 Å². The molecule has 0 bridgehead atoms. The average molecular weight is 486 g/mol. The quantitative estimate of drug-likeness (QED) is 0.253. The second kappa shape index (κ2) is 9.94. The number of fused-ring (bicyclic) bond motifs is 1. The minimum atomic E-state index is -0.475. The molecule has 2 N–H and O–H groups in total. The van der Waals surface area contributed by atoms with Crippen molar-refractivity contribution in [1.82, 2.24) is 4.98 Å². The summed E-state index contributed by atoms with van der Waals surface area (Å²) in [7, 11) is 0. The van der Waals surface area contributed by atoms with E-state index in [4.69, 9.17) is 4.42 Å². The Morgan fingerprint density at radius 2 is 1.62 bits per heavy atom. The van der Waals surface area contributed by atoms with Gasteiger partial charge in [0.1, 0.15) is 5.25 Å². The molecule has 1 unspecified atom stereocenters. The standard InChI is InChI=1S/C26H19N3O3S2/c30-24(21-10-6-16-32-21)27-18-12-14-19(15-13-18)33-23(17-7-2-1-3-8-17)25(31)29-26-28-20-9-4-5-11-22(20)34-26/h1-16,23H,(H,27,30)(H,28,29,31). The van der Waals surface area contributed by atoms with E-state index >= 15 is 0 Å². The highest BCUT2D eigenvalue weighted by molar-refractivity contribution is 8.00. The van der Waals surface area contributed by atoms with E-state index in [9.17, 15) is 9.59 Å². The van der Waals surface area contributed by atoms with Gasteiger partial charge in [-0.15, -0.1) is 11.8 Å². The minimum absolute atomic E-state index is 0.148. The highest BCUT2D eigenvalue weighted by Crippen LogP contribution is 2.37. The zero-order valence-electron chi connectivity index (χ0n) is 17.8. The van der Waals surface area contributed by atoms with Crippen LogP contribution in [0.1, 0.15) is 21.4 Å². The molecule has 0 spiro atoms. The number of furan rings is 1. The molecule has 8 heteroatoms. The number of benzene rings is 3. The van der Waals surface area contributed by atoms with Gasteiger partial charge in [0, 0.05) is 10.6 Å². The second-order valence-electron chi connectivity index (χ2n) is 7.34. The van der Waals surface area contributed by atoms with Crippen LogP contribution in [-0.4, -0.2) is 16.8 Å². The molecule has 6 nitrogen and oxygen atoms in total. The lowest BCUT2D eigenvalue weighted by Crippen LogP contribution is -2.18. The Hall–Kier alpha value is -3.88. The number of anilines is 2. The topological polar surface area (TPSA) is 84.2 Å². The zero-order valence-corrected chi connectivity index (χ0v) is 19.4. The maximum atomic E-state index is 13.3. The fraction of sp³-hybridized carbons (Fsp3) is 0.0385. The van der Waals surface area contributed by atoms with Gasteiger partial charge >= 0.3 is 0 Å². The van der Waals surface area contributed by atoms with Crippen molar-refractivity contribution in [3.63, 3.8) is 0 Å². The van der Waals surface area contributed by atoms with E-state index in [0.717, 1.165) is 20.7 Å². The summed E-state index contributed by atoms with van der Waals surface area (Å²) in [6.07, 6.45) is 1.46. The highest BCUT2D eigenvalue weighted by Gasteiger charge is 2.23. The van der Waals surface area contributed by atoms with Crippen molar-refractivity contribution in [2.24, 2.45) is 0 Å². The lowest BCUT2D eigenvalue weighted by molar-refractivity contribution is -0.115. The Morgan fingerprint density at radius 3 is 2.35 bits per heavy atom. The third-order valence-electron chi connectivity index (χ3n) is 4.98. The van der Waals surface area contributed by atoms with Gasteiger partial charge in [-0.25, -0.2) is 4.98 Å². The molecule has 3 aromatic carbocycles. The number of hydrogen-bond donors (Lipinski definition) is 2. The van der Waals surface area contributed by atoms with E-state index < -0.39 is 5.25 Å². The monoisotopic (exact) mass is 485 g/mol. The lowest BCUT2D eigenvalue weighted by atomic mass is 10.1. The number of amides is 2. The summed E-state index contributed by atoms with van der Waals surface area (Å²) >= 11 is 2.89. The average Bonchev–Trinajstić information content (AvgIpc) is 3.54. The van der Waals surface area contributed by atoms with E-state index in [1.807, 2.05) is 66.7 Å². The molecule has 0 saturated heterocycles. The van der Waals surface area contributed by atoms with Crippen molar-refractivity contribution in [2.75, 3.05) is 10.6 Å². The van der Waals surface area contributed by atoms with Gasteiger partial charge in [0.05, 0.1) is 16.5 Å². The van der Waals surface area contributed by atoms with Crippen molar-refractivity contribution in [1.29, 1.82) is 0 Å². The molecule has 168 valence electrons. The summed E-state index contributed by atoms with van der Waals surface area (Å²) in [5.74, 6) is -0.220. The molecule has 2 heterocycles. The number of carbonyl (C=O) groups excluding carboxylic acids is 2. The van der Waals surface area contributed by atoms with Crippen LogP contribution in [0.15, 0.2) is 107 Å². The van der Waals surface area contributed by atoms with Crippen LogP contribution in [0, 0.1) is 0 Å². The van der Waals surface area contributed by atoms with Crippen LogP contribution >= 0.6 is 23.1 Å². The number of thiazole rings is 1. The zero-order chi connectivity index (χ0) is 23.3. The van der Waals surface area contributed by atoms with Gasteiger partial charge in [0.15, 0.2) is 10.9 Å². The summed E-state index contributed by atoms with van der Waals surface area (Å²) in [5, 5.41) is 5.88. The molecule has 0 fully saturated rings. The van der Waals surface area contributed by atoms with Crippen LogP contribution in [0.3, 0.4) is 0 Å². The summed E-state index contributed by atoms with van der Waals surface area (Å²) < 4.78 is 6.14. The summed E-state index contributed by atoms with van der Waals surface area (Å²) in [6, 6.07) is 28.1. The van der Waals surface area contributed by atoms with Crippen molar-refractivity contribution in [3.8, 4) is 0 Å². The van der Waals surface area contributed by atoms with E-state index in [0.29, 0.717) is 10.8 Å². The molecule has 2 aromatic heterocycles. The Kier molecular flexibility index (Phi) is 6.42. The first-order chi connectivity index (χ1) is 16.7. The third-order valence-corrected chi connectivity index (χ3v) is 7.19. The third kappa shape index (κ3) is 5.03. The van der Waals surface area contributed by atoms with Crippen LogP contribution in [0.2, 0.25) is 0 Å². The Balaban J connectivity index is 1.33. The molecule has 0 aliphatic rings.